The average Bonchev–Trinajstić information content (AvgIpc) is 2.38. The van der Waals surface area contributed by atoms with Gasteiger partial charge in [0.2, 0.25) is 0 Å². The molecule has 0 saturated carbocycles. The molecule has 18 heavy (non-hydrogen) atoms. The van der Waals surface area contributed by atoms with Crippen molar-refractivity contribution >= 4 is 5.82 Å². The molecule has 0 aliphatic heterocycles. The lowest BCUT2D eigenvalue weighted by Gasteiger charge is -2.11. The molecule has 1 aromatic carbocycles. The predicted molar refractivity (Wildman–Crippen MR) is 67.5 cm³/mol. The fourth-order valence-corrected chi connectivity index (χ4v) is 1.62. The summed E-state index contributed by atoms with van der Waals surface area (Å²) in [4.78, 5) is 4.07. The standard InChI is InChI=1S/C13H14FN3O/c1-9-7-11(14)4-5-12(9)18-8-10-3-2-6-16-13(10)17-15/h2-7H,8,15H2,1H3,(H,16,17). The van der Waals surface area contributed by atoms with Crippen molar-refractivity contribution in [3.05, 3.63) is 53.5 Å². The van der Waals surface area contributed by atoms with Crippen LogP contribution in [0.25, 0.3) is 0 Å². The second-order valence-corrected chi connectivity index (χ2v) is 3.85. The van der Waals surface area contributed by atoms with E-state index in [1.165, 1.54) is 12.1 Å². The zero-order chi connectivity index (χ0) is 13.0. The van der Waals surface area contributed by atoms with E-state index in [9.17, 15) is 4.39 Å². The van der Waals surface area contributed by atoms with Crippen LogP contribution in [0.15, 0.2) is 36.5 Å². The van der Waals surface area contributed by atoms with Crippen molar-refractivity contribution in [2.75, 3.05) is 5.43 Å². The quantitative estimate of drug-likeness (QED) is 0.643. The Morgan fingerprint density at radius 1 is 1.39 bits per heavy atom. The van der Waals surface area contributed by atoms with Gasteiger partial charge in [-0.3, -0.25) is 0 Å². The molecule has 0 spiro atoms. The smallest absolute Gasteiger partial charge is 0.146 e. The van der Waals surface area contributed by atoms with Crippen molar-refractivity contribution < 1.29 is 9.13 Å². The number of nitrogens with one attached hydrogen (secondary N) is 1. The Balaban J connectivity index is 2.11. The van der Waals surface area contributed by atoms with Crippen LogP contribution in [0.3, 0.4) is 0 Å². The van der Waals surface area contributed by atoms with E-state index >= 15 is 0 Å². The number of benzene rings is 1. The monoisotopic (exact) mass is 247 g/mol. The minimum atomic E-state index is -0.273. The van der Waals surface area contributed by atoms with Gasteiger partial charge in [-0.2, -0.15) is 0 Å². The molecule has 2 rings (SSSR count). The molecule has 5 heteroatoms. The van der Waals surface area contributed by atoms with Crippen LogP contribution in [0.2, 0.25) is 0 Å². The topological polar surface area (TPSA) is 60.2 Å². The summed E-state index contributed by atoms with van der Waals surface area (Å²) < 4.78 is 18.6. The number of ether oxygens (including phenoxy) is 1. The molecule has 0 saturated heterocycles. The second-order valence-electron chi connectivity index (χ2n) is 3.85. The van der Waals surface area contributed by atoms with Crippen molar-refractivity contribution in [2.45, 2.75) is 13.5 Å². The van der Waals surface area contributed by atoms with Crippen molar-refractivity contribution in [3.63, 3.8) is 0 Å². The molecule has 3 N–H and O–H groups in total. The Labute approximate surface area is 105 Å². The molecule has 1 heterocycles. The van der Waals surface area contributed by atoms with Crippen molar-refractivity contribution in [3.8, 4) is 5.75 Å². The van der Waals surface area contributed by atoms with Gasteiger partial charge in [0, 0.05) is 11.8 Å². The summed E-state index contributed by atoms with van der Waals surface area (Å²) in [5.74, 6) is 6.29. The number of nitrogens with two attached hydrogens (primary N) is 1. The third-order valence-corrected chi connectivity index (χ3v) is 2.55. The van der Waals surface area contributed by atoms with Crippen molar-refractivity contribution in [1.82, 2.24) is 4.98 Å². The molecular weight excluding hydrogens is 233 g/mol. The first kappa shape index (κ1) is 12.3. The van der Waals surface area contributed by atoms with Crippen LogP contribution in [0.4, 0.5) is 10.2 Å². The van der Waals surface area contributed by atoms with Crippen molar-refractivity contribution in [2.24, 2.45) is 5.84 Å². The molecule has 0 unspecified atom stereocenters. The first-order chi connectivity index (χ1) is 8.70. The largest absolute Gasteiger partial charge is 0.488 e. The molecule has 94 valence electrons. The Morgan fingerprint density at radius 3 is 2.94 bits per heavy atom. The maximum atomic E-state index is 12.9. The number of hydrogen-bond donors (Lipinski definition) is 2. The van der Waals surface area contributed by atoms with Gasteiger partial charge in [0.15, 0.2) is 0 Å². The molecule has 0 fully saturated rings. The molecule has 1 aromatic heterocycles. The number of rotatable bonds is 4. The highest BCUT2D eigenvalue weighted by Gasteiger charge is 2.05. The van der Waals surface area contributed by atoms with Crippen LogP contribution in [0.5, 0.6) is 5.75 Å². The highest BCUT2D eigenvalue weighted by molar-refractivity contribution is 5.42. The predicted octanol–water partition coefficient (Wildman–Crippen LogP) is 2.39. The number of hydrogen-bond acceptors (Lipinski definition) is 4. The molecule has 4 nitrogen and oxygen atoms in total. The van der Waals surface area contributed by atoms with Gasteiger partial charge in [0.1, 0.15) is 24.0 Å². The average molecular weight is 247 g/mol. The van der Waals surface area contributed by atoms with Crippen LogP contribution in [0.1, 0.15) is 11.1 Å². The zero-order valence-corrected chi connectivity index (χ0v) is 9.98. The summed E-state index contributed by atoms with van der Waals surface area (Å²) in [6, 6.07) is 8.07. The fraction of sp³-hybridized carbons (Fsp3) is 0.154. The number of pyridine rings is 1. The highest BCUT2D eigenvalue weighted by atomic mass is 19.1. The number of aromatic nitrogens is 1. The van der Waals surface area contributed by atoms with Gasteiger partial charge < -0.3 is 10.2 Å². The number of halogens is 1. The van der Waals surface area contributed by atoms with Crippen LogP contribution in [-0.2, 0) is 6.61 Å². The minimum absolute atomic E-state index is 0.273. The van der Waals surface area contributed by atoms with Crippen LogP contribution >= 0.6 is 0 Å². The summed E-state index contributed by atoms with van der Waals surface area (Å²) in [7, 11) is 0. The number of anilines is 1. The number of nitrogens with zero attached hydrogens (tertiary/aromatic N) is 1. The highest BCUT2D eigenvalue weighted by Crippen LogP contribution is 2.21. The van der Waals surface area contributed by atoms with Gasteiger partial charge in [0.25, 0.3) is 0 Å². The minimum Gasteiger partial charge on any atom is -0.488 e. The first-order valence-electron chi connectivity index (χ1n) is 5.50. The molecule has 0 aliphatic rings. The summed E-state index contributed by atoms with van der Waals surface area (Å²) in [6.07, 6.45) is 1.64. The Hall–Kier alpha value is -2.14. The SMILES string of the molecule is Cc1cc(F)ccc1OCc1cccnc1NN. The number of hydrazine groups is 1. The van der Waals surface area contributed by atoms with E-state index in [0.717, 1.165) is 11.1 Å². The molecule has 0 aliphatic carbocycles. The third-order valence-electron chi connectivity index (χ3n) is 2.55. The summed E-state index contributed by atoms with van der Waals surface area (Å²) in [5.41, 5.74) is 4.09. The van der Waals surface area contributed by atoms with E-state index in [-0.39, 0.29) is 5.82 Å². The molecule has 0 bridgehead atoms. The molecule has 2 aromatic rings. The van der Waals surface area contributed by atoms with Crippen LogP contribution in [-0.4, -0.2) is 4.98 Å². The second kappa shape index (κ2) is 5.46. The normalized spacial score (nSPS) is 10.2. The lowest BCUT2D eigenvalue weighted by Crippen LogP contribution is -2.12. The lowest BCUT2D eigenvalue weighted by atomic mass is 10.2. The molecule has 0 amide bonds. The van der Waals surface area contributed by atoms with E-state index in [0.29, 0.717) is 18.2 Å². The van der Waals surface area contributed by atoms with Gasteiger partial charge in [0.05, 0.1) is 0 Å². The fourth-order valence-electron chi connectivity index (χ4n) is 1.62. The van der Waals surface area contributed by atoms with E-state index in [1.807, 2.05) is 6.07 Å². The van der Waals surface area contributed by atoms with Gasteiger partial charge in [-0.15, -0.1) is 0 Å². The Morgan fingerprint density at radius 2 is 2.22 bits per heavy atom. The van der Waals surface area contributed by atoms with Gasteiger partial charge >= 0.3 is 0 Å². The van der Waals surface area contributed by atoms with Gasteiger partial charge in [-0.1, -0.05) is 6.07 Å². The van der Waals surface area contributed by atoms with E-state index in [2.05, 4.69) is 10.4 Å². The van der Waals surface area contributed by atoms with E-state index < -0.39 is 0 Å². The summed E-state index contributed by atoms with van der Waals surface area (Å²) in [6.45, 7) is 2.11. The van der Waals surface area contributed by atoms with E-state index in [1.54, 1.807) is 25.3 Å². The first-order valence-corrected chi connectivity index (χ1v) is 5.50. The molecule has 0 atom stereocenters. The van der Waals surface area contributed by atoms with Crippen LogP contribution in [0, 0.1) is 12.7 Å². The maximum Gasteiger partial charge on any atom is 0.146 e. The zero-order valence-electron chi connectivity index (χ0n) is 9.98. The summed E-state index contributed by atoms with van der Waals surface area (Å²) >= 11 is 0. The molecular formula is C13H14FN3O. The lowest BCUT2D eigenvalue weighted by molar-refractivity contribution is 0.303. The molecule has 0 radical (unpaired) electrons. The maximum absolute atomic E-state index is 12.9. The van der Waals surface area contributed by atoms with Gasteiger partial charge in [-0.05, 0) is 36.8 Å². The number of aryl methyl sites for hydroxylation is 1. The number of nitrogen functional groups attached to an aromatic ring is 1. The Bertz CT molecular complexity index is 546. The third kappa shape index (κ3) is 2.75. The Kier molecular flexibility index (Phi) is 3.74. The summed E-state index contributed by atoms with van der Waals surface area (Å²) in [5, 5.41) is 0. The van der Waals surface area contributed by atoms with Gasteiger partial charge in [-0.25, -0.2) is 15.2 Å². The van der Waals surface area contributed by atoms with Crippen molar-refractivity contribution in [1.29, 1.82) is 0 Å². The van der Waals surface area contributed by atoms with Crippen LogP contribution < -0.4 is 16.0 Å². The van der Waals surface area contributed by atoms with E-state index in [4.69, 9.17) is 10.6 Å².